The van der Waals surface area contributed by atoms with Crippen LogP contribution in [0.4, 0.5) is 8.78 Å². The largest absolute Gasteiger partial charge is 0.496 e. The second-order valence-electron chi connectivity index (χ2n) is 12.9. The number of halogens is 2. The van der Waals surface area contributed by atoms with Crippen molar-refractivity contribution in [3.05, 3.63) is 64.2 Å². The molecule has 1 atom stereocenters. The van der Waals surface area contributed by atoms with Crippen LogP contribution in [-0.2, 0) is 15.6 Å². The maximum Gasteiger partial charge on any atom is 0.257 e. The van der Waals surface area contributed by atoms with E-state index in [2.05, 4.69) is 4.90 Å². The van der Waals surface area contributed by atoms with E-state index in [1.165, 1.54) is 25.3 Å². The third kappa shape index (κ3) is 6.89. The predicted octanol–water partition coefficient (Wildman–Crippen LogP) is 4.87. The summed E-state index contributed by atoms with van der Waals surface area (Å²) in [4.78, 5) is 32.1. The molecule has 2 saturated heterocycles. The molecular formula is C32H43F2N3O4. The van der Waals surface area contributed by atoms with Crippen LogP contribution in [0.25, 0.3) is 0 Å². The van der Waals surface area contributed by atoms with Crippen molar-refractivity contribution < 1.29 is 27.8 Å². The first-order valence-corrected chi connectivity index (χ1v) is 14.3. The minimum atomic E-state index is -0.576. The topological polar surface area (TPSA) is 62.3 Å². The summed E-state index contributed by atoms with van der Waals surface area (Å²) in [6.07, 6.45) is 0.211. The highest BCUT2D eigenvalue weighted by molar-refractivity contribution is 5.95. The van der Waals surface area contributed by atoms with Gasteiger partial charge < -0.3 is 24.2 Å². The molecule has 0 aromatic heterocycles. The van der Waals surface area contributed by atoms with Gasteiger partial charge in [-0.1, -0.05) is 40.7 Å². The summed E-state index contributed by atoms with van der Waals surface area (Å²) in [6, 6.07) is 7.60. The summed E-state index contributed by atoms with van der Waals surface area (Å²) in [5.74, 6) is -1.34. The predicted molar refractivity (Wildman–Crippen MR) is 155 cm³/mol. The number of rotatable bonds is 6. The molecule has 2 aliphatic rings. The van der Waals surface area contributed by atoms with Gasteiger partial charge in [0, 0.05) is 44.8 Å². The van der Waals surface area contributed by atoms with Crippen molar-refractivity contribution in [2.75, 3.05) is 60.0 Å². The first-order chi connectivity index (χ1) is 19.2. The third-order valence-electron chi connectivity index (χ3n) is 8.26. The summed E-state index contributed by atoms with van der Waals surface area (Å²) in [7, 11) is 3.52. The first kappa shape index (κ1) is 30.9. The molecule has 0 spiro atoms. The van der Waals surface area contributed by atoms with Crippen LogP contribution in [-0.4, -0.2) is 92.7 Å². The summed E-state index contributed by atoms with van der Waals surface area (Å²) >= 11 is 0. The minimum absolute atomic E-state index is 0.0274. The van der Waals surface area contributed by atoms with Crippen LogP contribution in [0.1, 0.15) is 72.9 Å². The van der Waals surface area contributed by atoms with Gasteiger partial charge in [-0.15, -0.1) is 0 Å². The fraction of sp³-hybridized carbons (Fsp3) is 0.562. The number of carbonyl (C=O) groups excluding carboxylic acids is 2. The van der Waals surface area contributed by atoms with E-state index in [0.717, 1.165) is 18.7 Å². The standard InChI is InChI=1S/C32H43F2N3O4/c1-31(2,3)25-18-27(34)24(17-28(25)40-7)30(39)37-14-15-41-22(20-37)19-32(4,5)21-8-9-26(33)23(16-21)29(38)36-12-10-35(6)11-13-36/h8-9,16-18,22H,10-15,19-20H2,1-7H3. The monoisotopic (exact) mass is 571 g/mol. The Hall–Kier alpha value is -3.04. The average Bonchev–Trinajstić information content (AvgIpc) is 2.92. The number of likely N-dealkylation sites (N-methyl/N-ethyl adjacent to an activating group) is 1. The van der Waals surface area contributed by atoms with Crippen molar-refractivity contribution in [2.45, 2.75) is 58.0 Å². The lowest BCUT2D eigenvalue weighted by Crippen LogP contribution is -2.47. The van der Waals surface area contributed by atoms with Crippen LogP contribution >= 0.6 is 0 Å². The molecule has 0 bridgehead atoms. The summed E-state index contributed by atoms with van der Waals surface area (Å²) in [5.41, 5.74) is 0.728. The molecule has 7 nitrogen and oxygen atoms in total. The smallest absolute Gasteiger partial charge is 0.257 e. The number of methoxy groups -OCH3 is 1. The van der Waals surface area contributed by atoms with E-state index in [1.807, 2.05) is 41.7 Å². The Labute approximate surface area is 242 Å². The van der Waals surface area contributed by atoms with E-state index in [-0.39, 0.29) is 28.6 Å². The van der Waals surface area contributed by atoms with E-state index in [0.29, 0.717) is 50.5 Å². The third-order valence-corrected chi connectivity index (χ3v) is 8.26. The molecule has 0 aliphatic carbocycles. The van der Waals surface area contributed by atoms with E-state index < -0.39 is 23.0 Å². The van der Waals surface area contributed by atoms with E-state index in [9.17, 15) is 14.0 Å². The van der Waals surface area contributed by atoms with Gasteiger partial charge in [0.15, 0.2) is 0 Å². The fourth-order valence-corrected chi connectivity index (χ4v) is 5.65. The maximum absolute atomic E-state index is 15.2. The van der Waals surface area contributed by atoms with Gasteiger partial charge in [0.2, 0.25) is 0 Å². The zero-order valence-electron chi connectivity index (χ0n) is 25.4. The van der Waals surface area contributed by atoms with Gasteiger partial charge in [0.05, 0.1) is 30.9 Å². The Bertz CT molecular complexity index is 1280. The number of morpholine rings is 1. The number of ether oxygens (including phenoxy) is 2. The van der Waals surface area contributed by atoms with Crippen LogP contribution in [0.3, 0.4) is 0 Å². The maximum atomic E-state index is 15.2. The Balaban J connectivity index is 1.49. The van der Waals surface area contributed by atoms with Crippen molar-refractivity contribution in [1.82, 2.24) is 14.7 Å². The van der Waals surface area contributed by atoms with Gasteiger partial charge in [-0.25, -0.2) is 8.78 Å². The Kier molecular flexibility index (Phi) is 9.09. The summed E-state index contributed by atoms with van der Waals surface area (Å²) in [6.45, 7) is 13.5. The Morgan fingerprint density at radius 3 is 2.17 bits per heavy atom. The van der Waals surface area contributed by atoms with E-state index >= 15 is 4.39 Å². The molecule has 224 valence electrons. The van der Waals surface area contributed by atoms with Crippen molar-refractivity contribution >= 4 is 11.8 Å². The number of carbonyl (C=O) groups is 2. The molecule has 2 heterocycles. The van der Waals surface area contributed by atoms with Crippen LogP contribution in [0, 0.1) is 11.6 Å². The average molecular weight is 572 g/mol. The quantitative estimate of drug-likeness (QED) is 0.495. The molecule has 1 unspecified atom stereocenters. The van der Waals surface area contributed by atoms with E-state index in [4.69, 9.17) is 9.47 Å². The van der Waals surface area contributed by atoms with Gasteiger partial charge in [0.1, 0.15) is 17.4 Å². The zero-order chi connectivity index (χ0) is 30.1. The molecule has 2 aliphatic heterocycles. The number of nitrogens with zero attached hydrogens (tertiary/aromatic N) is 3. The van der Waals surface area contributed by atoms with Crippen LogP contribution in [0.15, 0.2) is 30.3 Å². The van der Waals surface area contributed by atoms with Crippen molar-refractivity contribution in [3.63, 3.8) is 0 Å². The van der Waals surface area contributed by atoms with Crippen molar-refractivity contribution in [2.24, 2.45) is 0 Å². The molecule has 9 heteroatoms. The fourth-order valence-electron chi connectivity index (χ4n) is 5.65. The molecule has 2 aromatic rings. The molecule has 0 N–H and O–H groups in total. The van der Waals surface area contributed by atoms with Crippen LogP contribution < -0.4 is 4.74 Å². The summed E-state index contributed by atoms with van der Waals surface area (Å²) < 4.78 is 41.5. The Morgan fingerprint density at radius 2 is 1.54 bits per heavy atom. The zero-order valence-corrected chi connectivity index (χ0v) is 25.4. The normalized spacial score (nSPS) is 18.9. The number of hydrogen-bond acceptors (Lipinski definition) is 5. The lowest BCUT2D eigenvalue weighted by Gasteiger charge is -2.37. The Morgan fingerprint density at radius 1 is 0.902 bits per heavy atom. The van der Waals surface area contributed by atoms with Crippen LogP contribution in [0.2, 0.25) is 0 Å². The van der Waals surface area contributed by atoms with Gasteiger partial charge in [-0.2, -0.15) is 0 Å². The highest BCUT2D eigenvalue weighted by Gasteiger charge is 2.34. The van der Waals surface area contributed by atoms with Gasteiger partial charge in [-0.05, 0) is 54.1 Å². The van der Waals surface area contributed by atoms with Crippen LogP contribution in [0.5, 0.6) is 5.75 Å². The molecule has 2 fully saturated rings. The molecule has 41 heavy (non-hydrogen) atoms. The van der Waals surface area contributed by atoms with Gasteiger partial charge in [0.25, 0.3) is 11.8 Å². The highest BCUT2D eigenvalue weighted by Crippen LogP contribution is 2.35. The number of amides is 2. The van der Waals surface area contributed by atoms with Gasteiger partial charge >= 0.3 is 0 Å². The molecule has 0 radical (unpaired) electrons. The van der Waals surface area contributed by atoms with Crippen molar-refractivity contribution in [1.29, 1.82) is 0 Å². The lowest BCUT2D eigenvalue weighted by atomic mass is 9.78. The number of piperazine rings is 1. The molecule has 2 aromatic carbocycles. The molecular weight excluding hydrogens is 528 g/mol. The number of hydrogen-bond donors (Lipinski definition) is 0. The SMILES string of the molecule is COc1cc(C(=O)N2CCOC(CC(C)(C)c3ccc(F)c(C(=O)N4CCN(C)CC4)c3)C2)c(F)cc1C(C)(C)C. The highest BCUT2D eigenvalue weighted by atomic mass is 19.1. The molecule has 4 rings (SSSR count). The first-order valence-electron chi connectivity index (χ1n) is 14.3. The second-order valence-corrected chi connectivity index (χ2v) is 12.9. The number of benzene rings is 2. The lowest BCUT2D eigenvalue weighted by molar-refractivity contribution is -0.0328. The van der Waals surface area contributed by atoms with Crippen molar-refractivity contribution in [3.8, 4) is 5.75 Å². The second kappa shape index (κ2) is 12.1. The molecule has 2 amide bonds. The summed E-state index contributed by atoms with van der Waals surface area (Å²) in [5, 5.41) is 0. The molecule has 0 saturated carbocycles. The minimum Gasteiger partial charge on any atom is -0.496 e. The van der Waals surface area contributed by atoms with E-state index in [1.54, 1.807) is 21.9 Å². The van der Waals surface area contributed by atoms with Gasteiger partial charge in [-0.3, -0.25) is 9.59 Å².